The Kier molecular flexibility index (Phi) is 5.56. The van der Waals surface area contributed by atoms with Gasteiger partial charge in [-0.05, 0) is 55.2 Å². The second kappa shape index (κ2) is 7.41. The van der Waals surface area contributed by atoms with E-state index < -0.39 is 0 Å². The quantitative estimate of drug-likeness (QED) is 0.820. The van der Waals surface area contributed by atoms with Crippen LogP contribution in [0, 0.1) is 5.92 Å². The summed E-state index contributed by atoms with van der Waals surface area (Å²) in [7, 11) is 0. The second-order valence-corrected chi connectivity index (χ2v) is 6.17. The highest BCUT2D eigenvalue weighted by Crippen LogP contribution is 2.22. The van der Waals surface area contributed by atoms with Gasteiger partial charge in [-0.2, -0.15) is 0 Å². The monoisotopic (exact) mass is 305 g/mol. The highest BCUT2D eigenvalue weighted by Gasteiger charge is 2.21. The minimum Gasteiger partial charge on any atom is -0.362 e. The molecule has 1 aliphatic heterocycles. The van der Waals surface area contributed by atoms with Gasteiger partial charge in [0, 0.05) is 30.9 Å². The van der Waals surface area contributed by atoms with E-state index in [2.05, 4.69) is 24.5 Å². The van der Waals surface area contributed by atoms with Gasteiger partial charge in [-0.25, -0.2) is 0 Å². The van der Waals surface area contributed by atoms with Crippen LogP contribution in [0.25, 0.3) is 0 Å². The summed E-state index contributed by atoms with van der Waals surface area (Å²) in [4.78, 5) is 13.5. The number of amides is 1. The Labute approximate surface area is 131 Å². The van der Waals surface area contributed by atoms with Crippen LogP contribution < -0.4 is 15.5 Å². The molecule has 0 atom stereocenters. The van der Waals surface area contributed by atoms with Crippen molar-refractivity contribution in [3.8, 4) is 0 Å². The van der Waals surface area contributed by atoms with E-state index in [9.17, 15) is 4.79 Å². The molecule has 0 aliphatic carbocycles. The molecule has 1 aliphatic rings. The highest BCUT2D eigenvalue weighted by atomic mass is 32.1. The topological polar surface area (TPSA) is 44.4 Å². The van der Waals surface area contributed by atoms with Gasteiger partial charge in [0.25, 0.3) is 0 Å². The molecular weight excluding hydrogens is 282 g/mol. The summed E-state index contributed by atoms with van der Waals surface area (Å²) < 4.78 is 0. The largest absolute Gasteiger partial charge is 0.362 e. The van der Waals surface area contributed by atoms with E-state index in [0.717, 1.165) is 37.3 Å². The average Bonchev–Trinajstić information content (AvgIpc) is 2.85. The molecule has 0 saturated carbocycles. The zero-order chi connectivity index (χ0) is 15.2. The number of carbonyl (C=O) groups is 1. The van der Waals surface area contributed by atoms with Crippen LogP contribution in [0.15, 0.2) is 24.3 Å². The first-order chi connectivity index (χ1) is 10.1. The number of anilines is 2. The number of benzene rings is 1. The van der Waals surface area contributed by atoms with Gasteiger partial charge in [0.2, 0.25) is 5.91 Å². The third kappa shape index (κ3) is 4.70. The number of thiocarbonyl (C=S) groups is 1. The van der Waals surface area contributed by atoms with Crippen LogP contribution in [0.4, 0.5) is 11.4 Å². The maximum absolute atomic E-state index is 11.7. The first kappa shape index (κ1) is 15.8. The minimum atomic E-state index is 0.210. The lowest BCUT2D eigenvalue weighted by atomic mass is 10.1. The third-order valence-corrected chi connectivity index (χ3v) is 3.76. The average molecular weight is 305 g/mol. The van der Waals surface area contributed by atoms with Crippen molar-refractivity contribution in [2.24, 2.45) is 5.92 Å². The summed E-state index contributed by atoms with van der Waals surface area (Å²) in [6.45, 7) is 6.08. The molecular formula is C16H23N3OS. The van der Waals surface area contributed by atoms with Gasteiger partial charge < -0.3 is 15.5 Å². The molecule has 1 fully saturated rings. The molecule has 0 spiro atoms. The molecule has 4 nitrogen and oxygen atoms in total. The van der Waals surface area contributed by atoms with E-state index in [-0.39, 0.29) is 5.91 Å². The van der Waals surface area contributed by atoms with E-state index in [1.54, 1.807) is 0 Å². The fraction of sp³-hybridized carbons (Fsp3) is 0.500. The smallest absolute Gasteiger partial charge is 0.227 e. The van der Waals surface area contributed by atoms with Gasteiger partial charge in [0.1, 0.15) is 0 Å². The summed E-state index contributed by atoms with van der Waals surface area (Å²) in [5, 5.41) is 7.00. The Morgan fingerprint density at radius 1 is 1.33 bits per heavy atom. The summed E-state index contributed by atoms with van der Waals surface area (Å²) in [6, 6.07) is 7.83. The van der Waals surface area contributed by atoms with Gasteiger partial charge in [0.15, 0.2) is 5.11 Å². The van der Waals surface area contributed by atoms with Crippen molar-refractivity contribution >= 4 is 34.6 Å². The number of carbonyl (C=O) groups excluding carboxylic acids is 1. The molecule has 0 aromatic heterocycles. The predicted octanol–water partition coefficient (Wildman–Crippen LogP) is 3.15. The Bertz CT molecular complexity index is 499. The van der Waals surface area contributed by atoms with E-state index in [1.165, 1.54) is 0 Å². The summed E-state index contributed by atoms with van der Waals surface area (Å²) in [5.74, 6) is 0.874. The van der Waals surface area contributed by atoms with Crippen molar-refractivity contribution in [1.82, 2.24) is 5.32 Å². The molecule has 2 rings (SSSR count). The molecule has 1 aromatic carbocycles. The molecule has 114 valence electrons. The first-order valence-electron chi connectivity index (χ1n) is 7.51. The summed E-state index contributed by atoms with van der Waals surface area (Å²) >= 11 is 5.26. The van der Waals surface area contributed by atoms with E-state index in [4.69, 9.17) is 12.2 Å². The molecule has 21 heavy (non-hydrogen) atoms. The summed E-state index contributed by atoms with van der Waals surface area (Å²) in [5.41, 5.74) is 1.90. The van der Waals surface area contributed by atoms with Gasteiger partial charge >= 0.3 is 0 Å². The van der Waals surface area contributed by atoms with Crippen molar-refractivity contribution in [2.75, 3.05) is 23.3 Å². The van der Waals surface area contributed by atoms with Crippen molar-refractivity contribution < 1.29 is 4.79 Å². The molecule has 5 heteroatoms. The SMILES string of the molecule is CC(C)CCNC(=S)Nc1ccc(N2CCCC2=O)cc1. The number of nitrogens with zero attached hydrogens (tertiary/aromatic N) is 1. The van der Waals surface area contributed by atoms with Crippen LogP contribution >= 0.6 is 12.2 Å². The fourth-order valence-electron chi connectivity index (χ4n) is 2.30. The highest BCUT2D eigenvalue weighted by molar-refractivity contribution is 7.80. The van der Waals surface area contributed by atoms with Crippen LogP contribution in [0.1, 0.15) is 33.1 Å². The lowest BCUT2D eigenvalue weighted by Crippen LogP contribution is -2.29. The van der Waals surface area contributed by atoms with Crippen molar-refractivity contribution in [3.05, 3.63) is 24.3 Å². The Morgan fingerprint density at radius 3 is 2.62 bits per heavy atom. The molecule has 0 unspecified atom stereocenters. The zero-order valence-electron chi connectivity index (χ0n) is 12.7. The van der Waals surface area contributed by atoms with Crippen LogP contribution in [0.3, 0.4) is 0 Å². The number of rotatable bonds is 5. The number of hydrogen-bond donors (Lipinski definition) is 2. The molecule has 1 amide bonds. The lowest BCUT2D eigenvalue weighted by Gasteiger charge is -2.16. The number of nitrogens with one attached hydrogen (secondary N) is 2. The van der Waals surface area contributed by atoms with Crippen molar-refractivity contribution in [1.29, 1.82) is 0 Å². The molecule has 0 bridgehead atoms. The molecule has 1 saturated heterocycles. The summed E-state index contributed by atoms with van der Waals surface area (Å²) in [6.07, 6.45) is 2.70. The first-order valence-corrected chi connectivity index (χ1v) is 7.92. The predicted molar refractivity (Wildman–Crippen MR) is 91.7 cm³/mol. The van der Waals surface area contributed by atoms with Gasteiger partial charge in [-0.15, -0.1) is 0 Å². The van der Waals surface area contributed by atoms with E-state index in [0.29, 0.717) is 17.5 Å². The van der Waals surface area contributed by atoms with E-state index in [1.807, 2.05) is 29.2 Å². The van der Waals surface area contributed by atoms with Gasteiger partial charge in [-0.1, -0.05) is 13.8 Å². The van der Waals surface area contributed by atoms with Crippen molar-refractivity contribution in [2.45, 2.75) is 33.1 Å². The van der Waals surface area contributed by atoms with Gasteiger partial charge in [0.05, 0.1) is 0 Å². The lowest BCUT2D eigenvalue weighted by molar-refractivity contribution is -0.117. The van der Waals surface area contributed by atoms with Crippen LogP contribution in [-0.4, -0.2) is 24.1 Å². The number of hydrogen-bond acceptors (Lipinski definition) is 2. The van der Waals surface area contributed by atoms with Crippen molar-refractivity contribution in [3.63, 3.8) is 0 Å². The minimum absolute atomic E-state index is 0.210. The third-order valence-electron chi connectivity index (χ3n) is 3.52. The Hall–Kier alpha value is -1.62. The normalized spacial score (nSPS) is 14.6. The maximum Gasteiger partial charge on any atom is 0.227 e. The molecule has 1 aromatic rings. The Balaban J connectivity index is 1.84. The maximum atomic E-state index is 11.7. The standard InChI is InChI=1S/C16H23N3OS/c1-12(2)9-10-17-16(21)18-13-5-7-14(8-6-13)19-11-3-4-15(19)20/h5-8,12H,3-4,9-11H2,1-2H3,(H2,17,18,21). The molecule has 2 N–H and O–H groups in total. The van der Waals surface area contributed by atoms with E-state index >= 15 is 0 Å². The van der Waals surface area contributed by atoms with Crippen LogP contribution in [0.5, 0.6) is 0 Å². The molecule has 1 heterocycles. The fourth-order valence-corrected chi connectivity index (χ4v) is 2.52. The second-order valence-electron chi connectivity index (χ2n) is 5.76. The Morgan fingerprint density at radius 2 is 2.05 bits per heavy atom. The van der Waals surface area contributed by atoms with Crippen LogP contribution in [-0.2, 0) is 4.79 Å². The van der Waals surface area contributed by atoms with Gasteiger partial charge in [-0.3, -0.25) is 4.79 Å². The zero-order valence-corrected chi connectivity index (χ0v) is 13.5. The van der Waals surface area contributed by atoms with Crippen LogP contribution in [0.2, 0.25) is 0 Å². The molecule has 0 radical (unpaired) electrons.